The number of likely N-dealkylation sites (tertiary alicyclic amines) is 1. The SMILES string of the molecule is COc1cccc(C(=O)N2CCC(N3CCN(Cc4ccc(C)cc4)C(=O)C3=O)CC2)c1. The summed E-state index contributed by atoms with van der Waals surface area (Å²) in [6.07, 6.45) is 1.35. The lowest BCUT2D eigenvalue weighted by Gasteiger charge is -2.42. The molecule has 32 heavy (non-hydrogen) atoms. The molecule has 7 heteroatoms. The third kappa shape index (κ3) is 4.61. The second-order valence-electron chi connectivity index (χ2n) is 8.47. The summed E-state index contributed by atoms with van der Waals surface area (Å²) in [5.74, 6) is -0.251. The Kier molecular flexibility index (Phi) is 6.44. The Morgan fingerprint density at radius 3 is 2.38 bits per heavy atom. The van der Waals surface area contributed by atoms with Gasteiger partial charge in [-0.2, -0.15) is 0 Å². The number of aryl methyl sites for hydroxylation is 1. The number of benzene rings is 2. The molecule has 2 aromatic rings. The van der Waals surface area contributed by atoms with E-state index >= 15 is 0 Å². The zero-order valence-electron chi connectivity index (χ0n) is 18.6. The van der Waals surface area contributed by atoms with Gasteiger partial charge in [0.05, 0.1) is 7.11 Å². The molecular formula is C25H29N3O4. The predicted octanol–water partition coefficient (Wildman–Crippen LogP) is 2.48. The second kappa shape index (κ2) is 9.42. The van der Waals surface area contributed by atoms with Crippen LogP contribution in [0.5, 0.6) is 5.75 Å². The van der Waals surface area contributed by atoms with E-state index < -0.39 is 11.8 Å². The average molecular weight is 436 g/mol. The molecule has 0 spiro atoms. The maximum atomic E-state index is 12.8. The lowest BCUT2D eigenvalue weighted by atomic mass is 10.0. The number of piperidine rings is 1. The number of hydrogen-bond donors (Lipinski definition) is 0. The number of rotatable bonds is 5. The summed E-state index contributed by atoms with van der Waals surface area (Å²) in [4.78, 5) is 43.5. The Bertz CT molecular complexity index is 997. The molecule has 0 saturated carbocycles. The van der Waals surface area contributed by atoms with E-state index in [1.54, 1.807) is 35.1 Å². The van der Waals surface area contributed by atoms with Gasteiger partial charge in [0.25, 0.3) is 5.91 Å². The summed E-state index contributed by atoms with van der Waals surface area (Å²) in [7, 11) is 1.58. The van der Waals surface area contributed by atoms with Crippen molar-refractivity contribution in [3.8, 4) is 5.75 Å². The van der Waals surface area contributed by atoms with Crippen LogP contribution in [0.3, 0.4) is 0 Å². The molecule has 0 aliphatic carbocycles. The van der Waals surface area contributed by atoms with Crippen LogP contribution in [-0.2, 0) is 16.1 Å². The van der Waals surface area contributed by atoms with Crippen LogP contribution in [0, 0.1) is 6.92 Å². The van der Waals surface area contributed by atoms with E-state index in [1.807, 2.05) is 42.2 Å². The van der Waals surface area contributed by atoms with Gasteiger partial charge in [0.2, 0.25) is 0 Å². The molecule has 2 fully saturated rings. The topological polar surface area (TPSA) is 70.2 Å². The van der Waals surface area contributed by atoms with E-state index in [9.17, 15) is 14.4 Å². The van der Waals surface area contributed by atoms with Crippen LogP contribution in [0.25, 0.3) is 0 Å². The zero-order valence-corrected chi connectivity index (χ0v) is 18.6. The number of ether oxygens (including phenoxy) is 1. The number of piperazine rings is 1. The summed E-state index contributed by atoms with van der Waals surface area (Å²) in [5, 5.41) is 0. The van der Waals surface area contributed by atoms with Crippen molar-refractivity contribution in [3.63, 3.8) is 0 Å². The number of carbonyl (C=O) groups excluding carboxylic acids is 3. The highest BCUT2D eigenvalue weighted by atomic mass is 16.5. The van der Waals surface area contributed by atoms with E-state index in [0.717, 1.165) is 11.1 Å². The fourth-order valence-corrected chi connectivity index (χ4v) is 4.42. The molecule has 4 rings (SSSR count). The quantitative estimate of drug-likeness (QED) is 0.677. The van der Waals surface area contributed by atoms with Gasteiger partial charge in [0, 0.05) is 44.3 Å². The van der Waals surface area contributed by atoms with Crippen molar-refractivity contribution >= 4 is 17.7 Å². The summed E-state index contributed by atoms with van der Waals surface area (Å²) >= 11 is 0. The van der Waals surface area contributed by atoms with E-state index in [2.05, 4.69) is 0 Å². The molecule has 0 N–H and O–H groups in total. The third-order valence-electron chi connectivity index (χ3n) is 6.35. The third-order valence-corrected chi connectivity index (χ3v) is 6.35. The first-order chi connectivity index (χ1) is 15.5. The fraction of sp³-hybridized carbons (Fsp3) is 0.400. The molecule has 168 valence electrons. The maximum Gasteiger partial charge on any atom is 0.312 e. The largest absolute Gasteiger partial charge is 0.497 e. The average Bonchev–Trinajstić information content (AvgIpc) is 2.83. The van der Waals surface area contributed by atoms with Crippen LogP contribution in [0.4, 0.5) is 0 Å². The summed E-state index contributed by atoms with van der Waals surface area (Å²) in [6.45, 7) is 4.66. The molecule has 2 saturated heterocycles. The standard InChI is InChI=1S/C25H29N3O4/c1-18-6-8-19(9-7-18)17-27-14-15-28(25(31)24(27)30)21-10-12-26(13-11-21)23(29)20-4-3-5-22(16-20)32-2/h3-9,16,21H,10-15,17H2,1-2H3. The number of hydrogen-bond acceptors (Lipinski definition) is 4. The van der Waals surface area contributed by atoms with Gasteiger partial charge in [-0.3, -0.25) is 14.4 Å². The Hall–Kier alpha value is -3.35. The first kappa shape index (κ1) is 21.9. The van der Waals surface area contributed by atoms with Crippen molar-refractivity contribution in [2.75, 3.05) is 33.3 Å². The molecule has 2 aliphatic heterocycles. The van der Waals surface area contributed by atoms with Crippen LogP contribution in [0.1, 0.15) is 34.3 Å². The molecule has 0 bridgehead atoms. The first-order valence-corrected chi connectivity index (χ1v) is 11.0. The van der Waals surface area contributed by atoms with Gasteiger partial charge in [0.1, 0.15) is 5.75 Å². The minimum atomic E-state index is -0.438. The van der Waals surface area contributed by atoms with Crippen molar-refractivity contribution in [2.45, 2.75) is 32.4 Å². The Morgan fingerprint density at radius 1 is 0.969 bits per heavy atom. The predicted molar refractivity (Wildman–Crippen MR) is 120 cm³/mol. The van der Waals surface area contributed by atoms with Crippen LogP contribution in [0.2, 0.25) is 0 Å². The van der Waals surface area contributed by atoms with E-state index in [-0.39, 0.29) is 11.9 Å². The maximum absolute atomic E-state index is 12.8. The normalized spacial score (nSPS) is 17.6. The van der Waals surface area contributed by atoms with Crippen LogP contribution in [-0.4, -0.2) is 71.8 Å². The minimum absolute atomic E-state index is 0.0117. The van der Waals surface area contributed by atoms with Gasteiger partial charge in [-0.05, 0) is 43.5 Å². The smallest absolute Gasteiger partial charge is 0.312 e. The molecule has 2 aliphatic rings. The van der Waals surface area contributed by atoms with Crippen molar-refractivity contribution < 1.29 is 19.1 Å². The van der Waals surface area contributed by atoms with Gasteiger partial charge >= 0.3 is 11.8 Å². The van der Waals surface area contributed by atoms with Crippen molar-refractivity contribution in [1.29, 1.82) is 0 Å². The van der Waals surface area contributed by atoms with Crippen molar-refractivity contribution in [1.82, 2.24) is 14.7 Å². The molecule has 0 aromatic heterocycles. The summed E-state index contributed by atoms with van der Waals surface area (Å²) in [5.41, 5.74) is 2.78. The molecule has 2 heterocycles. The molecule has 0 atom stereocenters. The van der Waals surface area contributed by atoms with Crippen LogP contribution in [0.15, 0.2) is 48.5 Å². The molecular weight excluding hydrogens is 406 g/mol. The van der Waals surface area contributed by atoms with Crippen molar-refractivity contribution in [2.24, 2.45) is 0 Å². The molecule has 2 aromatic carbocycles. The van der Waals surface area contributed by atoms with Gasteiger partial charge in [-0.1, -0.05) is 35.9 Å². The summed E-state index contributed by atoms with van der Waals surface area (Å²) in [6, 6.07) is 15.1. The Morgan fingerprint density at radius 2 is 1.69 bits per heavy atom. The lowest BCUT2D eigenvalue weighted by molar-refractivity contribution is -0.158. The van der Waals surface area contributed by atoms with Crippen LogP contribution < -0.4 is 4.74 Å². The second-order valence-corrected chi connectivity index (χ2v) is 8.47. The molecule has 7 nitrogen and oxygen atoms in total. The molecule has 0 radical (unpaired) electrons. The number of carbonyl (C=O) groups is 3. The minimum Gasteiger partial charge on any atom is -0.497 e. The van der Waals surface area contributed by atoms with Crippen molar-refractivity contribution in [3.05, 3.63) is 65.2 Å². The fourth-order valence-electron chi connectivity index (χ4n) is 4.42. The number of amides is 3. The Labute approximate surface area is 188 Å². The zero-order chi connectivity index (χ0) is 22.7. The van der Waals surface area contributed by atoms with E-state index in [1.165, 1.54) is 0 Å². The highest BCUT2D eigenvalue weighted by molar-refractivity contribution is 6.35. The first-order valence-electron chi connectivity index (χ1n) is 11.0. The summed E-state index contributed by atoms with van der Waals surface area (Å²) < 4.78 is 5.21. The van der Waals surface area contributed by atoms with Gasteiger partial charge in [-0.25, -0.2) is 0 Å². The Balaban J connectivity index is 1.33. The van der Waals surface area contributed by atoms with Gasteiger partial charge in [-0.15, -0.1) is 0 Å². The monoisotopic (exact) mass is 435 g/mol. The number of methoxy groups -OCH3 is 1. The van der Waals surface area contributed by atoms with Gasteiger partial charge in [0.15, 0.2) is 0 Å². The lowest BCUT2D eigenvalue weighted by Crippen LogP contribution is -2.59. The molecule has 0 unspecified atom stereocenters. The van der Waals surface area contributed by atoms with E-state index in [4.69, 9.17) is 4.74 Å². The highest BCUT2D eigenvalue weighted by Crippen LogP contribution is 2.23. The van der Waals surface area contributed by atoms with Crippen LogP contribution >= 0.6 is 0 Å². The van der Waals surface area contributed by atoms with Gasteiger partial charge < -0.3 is 19.4 Å². The van der Waals surface area contributed by atoms with E-state index in [0.29, 0.717) is 56.9 Å². The highest BCUT2D eigenvalue weighted by Gasteiger charge is 2.38. The number of nitrogens with zero attached hydrogens (tertiary/aromatic N) is 3. The molecule has 3 amide bonds.